The second-order valence-corrected chi connectivity index (χ2v) is 4.27. The van der Waals surface area contributed by atoms with Gasteiger partial charge in [0.05, 0.1) is 18.4 Å². The second kappa shape index (κ2) is 6.86. The Balaban J connectivity index is 2.69. The highest BCUT2D eigenvalue weighted by Crippen LogP contribution is 2.12. The van der Waals surface area contributed by atoms with Crippen LogP contribution >= 0.6 is 0 Å². The van der Waals surface area contributed by atoms with Gasteiger partial charge in [-0.1, -0.05) is 0 Å². The maximum Gasteiger partial charge on any atom is 0.387 e. The average Bonchev–Trinajstić information content (AvgIpc) is 2.29. The Morgan fingerprint density at radius 3 is 2.32 bits per heavy atom. The molecule has 0 spiro atoms. The van der Waals surface area contributed by atoms with Crippen molar-refractivity contribution in [1.82, 2.24) is 14.8 Å². The summed E-state index contributed by atoms with van der Waals surface area (Å²) in [4.78, 5) is 12.2. The second-order valence-electron chi connectivity index (χ2n) is 4.27. The maximum atomic E-state index is 12.0. The molecule has 1 heterocycles. The summed E-state index contributed by atoms with van der Waals surface area (Å²) in [7, 11) is 7.58. The van der Waals surface area contributed by atoms with Gasteiger partial charge < -0.3 is 14.5 Å². The van der Waals surface area contributed by atoms with Gasteiger partial charge in [-0.2, -0.15) is 8.78 Å². The predicted octanol–water partition coefficient (Wildman–Crippen LogP) is 1.66. The molecule has 0 N–H and O–H groups in total. The van der Waals surface area contributed by atoms with Gasteiger partial charge in [-0.05, 0) is 12.1 Å². The van der Waals surface area contributed by atoms with Crippen molar-refractivity contribution in [3.63, 3.8) is 0 Å². The summed E-state index contributed by atoms with van der Waals surface area (Å²) in [6.45, 7) is -2.46. The molecule has 0 aromatic carbocycles. The van der Waals surface area contributed by atoms with E-state index in [1.807, 2.05) is 38.0 Å². The van der Waals surface area contributed by atoms with Crippen LogP contribution in [0.5, 0.6) is 5.75 Å². The highest BCUT2D eigenvalue weighted by molar-refractivity contribution is 5.79. The first-order valence-electron chi connectivity index (χ1n) is 5.69. The summed E-state index contributed by atoms with van der Waals surface area (Å²) in [6.07, 6.45) is 1.27. The van der Waals surface area contributed by atoms with Crippen LogP contribution in [0.3, 0.4) is 0 Å². The monoisotopic (exact) mass is 272 g/mol. The van der Waals surface area contributed by atoms with Gasteiger partial charge in [0.25, 0.3) is 0 Å². The molecule has 0 radical (unpaired) electrons. The minimum absolute atomic E-state index is 0.0446. The smallest absolute Gasteiger partial charge is 0.387 e. The Morgan fingerprint density at radius 2 is 1.89 bits per heavy atom. The van der Waals surface area contributed by atoms with E-state index in [1.165, 1.54) is 12.3 Å². The Bertz CT molecular complexity index is 408. The van der Waals surface area contributed by atoms with E-state index < -0.39 is 6.61 Å². The summed E-state index contributed by atoms with van der Waals surface area (Å²) < 4.78 is 28.2. The molecule has 0 unspecified atom stereocenters. The number of rotatable bonds is 4. The molecule has 0 saturated heterocycles. The van der Waals surface area contributed by atoms with E-state index in [1.54, 1.807) is 6.07 Å². The molecule has 0 aliphatic heterocycles. The van der Waals surface area contributed by atoms with Gasteiger partial charge in [-0.25, -0.2) is 4.99 Å². The van der Waals surface area contributed by atoms with Crippen LogP contribution in [0, 0.1) is 0 Å². The lowest BCUT2D eigenvalue weighted by Gasteiger charge is -2.22. The van der Waals surface area contributed by atoms with E-state index in [0.717, 1.165) is 5.96 Å². The first kappa shape index (κ1) is 15.1. The van der Waals surface area contributed by atoms with Crippen LogP contribution in [-0.4, -0.2) is 55.5 Å². The molecule has 1 rings (SSSR count). The molecular weight excluding hydrogens is 254 g/mol. The van der Waals surface area contributed by atoms with Gasteiger partial charge >= 0.3 is 6.61 Å². The predicted molar refractivity (Wildman–Crippen MR) is 69.4 cm³/mol. The van der Waals surface area contributed by atoms with Crippen molar-refractivity contribution in [2.24, 2.45) is 4.99 Å². The lowest BCUT2D eigenvalue weighted by Crippen LogP contribution is -2.35. The van der Waals surface area contributed by atoms with Gasteiger partial charge in [-0.3, -0.25) is 4.98 Å². The van der Waals surface area contributed by atoms with Crippen molar-refractivity contribution >= 4 is 5.96 Å². The lowest BCUT2D eigenvalue weighted by atomic mass is 10.3. The van der Waals surface area contributed by atoms with Gasteiger partial charge in [0, 0.05) is 28.2 Å². The number of nitrogens with zero attached hydrogens (tertiary/aromatic N) is 4. The Kier molecular flexibility index (Phi) is 5.47. The number of aromatic nitrogens is 1. The summed E-state index contributed by atoms with van der Waals surface area (Å²) in [5.74, 6) is 0.845. The summed E-state index contributed by atoms with van der Waals surface area (Å²) in [5.41, 5.74) is 0.683. The fraction of sp³-hybridized carbons (Fsp3) is 0.500. The number of guanidine groups is 1. The van der Waals surface area contributed by atoms with Crippen molar-refractivity contribution in [3.8, 4) is 5.75 Å². The molecule has 5 nitrogen and oxygen atoms in total. The molecule has 0 aliphatic rings. The molecule has 0 bridgehead atoms. The van der Waals surface area contributed by atoms with Crippen molar-refractivity contribution in [3.05, 3.63) is 24.0 Å². The molecule has 0 aliphatic carbocycles. The van der Waals surface area contributed by atoms with E-state index in [2.05, 4.69) is 14.7 Å². The Hall–Kier alpha value is -1.92. The third-order valence-corrected chi connectivity index (χ3v) is 2.21. The molecule has 0 amide bonds. The van der Waals surface area contributed by atoms with E-state index >= 15 is 0 Å². The van der Waals surface area contributed by atoms with Crippen LogP contribution in [0.15, 0.2) is 23.3 Å². The minimum atomic E-state index is -2.83. The van der Waals surface area contributed by atoms with Gasteiger partial charge in [-0.15, -0.1) is 0 Å². The third kappa shape index (κ3) is 5.07. The quantitative estimate of drug-likeness (QED) is 0.617. The zero-order valence-corrected chi connectivity index (χ0v) is 11.5. The summed E-state index contributed by atoms with van der Waals surface area (Å²) in [5, 5.41) is 0. The first-order chi connectivity index (χ1) is 8.90. The first-order valence-corrected chi connectivity index (χ1v) is 5.69. The highest BCUT2D eigenvalue weighted by atomic mass is 19.3. The standard InChI is InChI=1S/C12H18F2N4O/c1-17(2)12(18(3)4)16-7-9-5-6-10(8-15-9)19-11(13)14/h5-6,8,11H,7H2,1-4H3. The van der Waals surface area contributed by atoms with Gasteiger partial charge in [0.2, 0.25) is 0 Å². The molecule has 0 fully saturated rings. The Labute approximate surface area is 111 Å². The summed E-state index contributed by atoms with van der Waals surface area (Å²) in [6, 6.07) is 3.07. The van der Waals surface area contributed by atoms with Gasteiger partial charge in [0.1, 0.15) is 5.75 Å². The highest BCUT2D eigenvalue weighted by Gasteiger charge is 2.06. The number of aliphatic imine (C=N–C) groups is 1. The van der Waals surface area contributed by atoms with E-state index in [0.29, 0.717) is 12.2 Å². The largest absolute Gasteiger partial charge is 0.433 e. The summed E-state index contributed by atoms with van der Waals surface area (Å²) >= 11 is 0. The minimum Gasteiger partial charge on any atom is -0.433 e. The normalized spacial score (nSPS) is 10.3. The van der Waals surface area contributed by atoms with Crippen LogP contribution in [0.2, 0.25) is 0 Å². The zero-order chi connectivity index (χ0) is 14.4. The van der Waals surface area contributed by atoms with Crippen molar-refractivity contribution in [2.45, 2.75) is 13.2 Å². The molecular formula is C12H18F2N4O. The van der Waals surface area contributed by atoms with Crippen LogP contribution in [0.1, 0.15) is 5.69 Å². The van der Waals surface area contributed by atoms with E-state index in [-0.39, 0.29) is 5.75 Å². The fourth-order valence-corrected chi connectivity index (χ4v) is 1.51. The number of halogens is 2. The lowest BCUT2D eigenvalue weighted by molar-refractivity contribution is -0.0500. The zero-order valence-electron chi connectivity index (χ0n) is 11.5. The molecule has 19 heavy (non-hydrogen) atoms. The molecule has 1 aromatic rings. The molecule has 1 aromatic heterocycles. The average molecular weight is 272 g/mol. The topological polar surface area (TPSA) is 41.0 Å². The Morgan fingerprint density at radius 1 is 1.26 bits per heavy atom. The van der Waals surface area contributed by atoms with Crippen LogP contribution in [-0.2, 0) is 6.54 Å². The molecule has 0 atom stereocenters. The maximum absolute atomic E-state index is 12.0. The van der Waals surface area contributed by atoms with Crippen molar-refractivity contribution in [1.29, 1.82) is 0 Å². The van der Waals surface area contributed by atoms with Gasteiger partial charge in [0.15, 0.2) is 5.96 Å². The van der Waals surface area contributed by atoms with E-state index in [9.17, 15) is 8.78 Å². The number of alkyl halides is 2. The molecule has 0 saturated carbocycles. The fourth-order valence-electron chi connectivity index (χ4n) is 1.51. The SMILES string of the molecule is CN(C)C(=NCc1ccc(OC(F)F)cn1)N(C)C. The van der Waals surface area contributed by atoms with Crippen molar-refractivity contribution in [2.75, 3.05) is 28.2 Å². The third-order valence-electron chi connectivity index (χ3n) is 2.21. The molecule has 7 heteroatoms. The number of hydrogen-bond acceptors (Lipinski definition) is 3. The van der Waals surface area contributed by atoms with Crippen LogP contribution in [0.4, 0.5) is 8.78 Å². The number of ether oxygens (including phenoxy) is 1. The van der Waals surface area contributed by atoms with Crippen LogP contribution < -0.4 is 4.74 Å². The van der Waals surface area contributed by atoms with Crippen molar-refractivity contribution < 1.29 is 13.5 Å². The number of hydrogen-bond donors (Lipinski definition) is 0. The van der Waals surface area contributed by atoms with Crippen LogP contribution in [0.25, 0.3) is 0 Å². The number of pyridine rings is 1. The molecule has 106 valence electrons. The van der Waals surface area contributed by atoms with E-state index in [4.69, 9.17) is 0 Å².